The van der Waals surface area contributed by atoms with Crippen LogP contribution in [-0.2, 0) is 19.1 Å². The van der Waals surface area contributed by atoms with Gasteiger partial charge in [0.25, 0.3) is 6.29 Å². The second-order valence-corrected chi connectivity index (χ2v) is 2.32. The summed E-state index contributed by atoms with van der Waals surface area (Å²) < 4.78 is 9.05. The summed E-state index contributed by atoms with van der Waals surface area (Å²) in [7, 11) is 0. The fourth-order valence-electron chi connectivity index (χ4n) is 0.665. The molecule has 0 amide bonds. The fraction of sp³-hybridized carbons (Fsp3) is 0.429. The predicted octanol–water partition coefficient (Wildman–Crippen LogP) is -0.651. The SMILES string of the molecule is CC(O)C1OC(=O)C=CC(=O)O1. The Morgan fingerprint density at radius 2 is 1.75 bits per heavy atom. The molecule has 1 N–H and O–H groups in total. The van der Waals surface area contributed by atoms with Gasteiger partial charge in [-0.15, -0.1) is 0 Å². The first kappa shape index (κ1) is 8.73. The first-order valence-corrected chi connectivity index (χ1v) is 3.37. The van der Waals surface area contributed by atoms with Crippen molar-refractivity contribution in [3.63, 3.8) is 0 Å². The van der Waals surface area contributed by atoms with E-state index in [1.165, 1.54) is 6.92 Å². The highest BCUT2D eigenvalue weighted by Crippen LogP contribution is 2.06. The maximum atomic E-state index is 10.7. The zero-order valence-electron chi connectivity index (χ0n) is 6.39. The molecular formula is C7H8O5. The smallest absolute Gasteiger partial charge is 0.334 e. The topological polar surface area (TPSA) is 72.8 Å². The molecule has 1 unspecified atom stereocenters. The molecule has 1 aliphatic heterocycles. The van der Waals surface area contributed by atoms with Gasteiger partial charge in [0, 0.05) is 12.2 Å². The van der Waals surface area contributed by atoms with Crippen LogP contribution in [0, 0.1) is 0 Å². The van der Waals surface area contributed by atoms with Crippen molar-refractivity contribution in [2.75, 3.05) is 0 Å². The third-order valence-electron chi connectivity index (χ3n) is 1.21. The summed E-state index contributed by atoms with van der Waals surface area (Å²) in [6.07, 6.45) is -0.340. The number of hydrogen-bond acceptors (Lipinski definition) is 5. The maximum Gasteiger partial charge on any atom is 0.334 e. The summed E-state index contributed by atoms with van der Waals surface area (Å²) in [5.41, 5.74) is 0. The van der Waals surface area contributed by atoms with Gasteiger partial charge >= 0.3 is 11.9 Å². The lowest BCUT2D eigenvalue weighted by molar-refractivity contribution is -0.195. The average Bonchev–Trinajstić information content (AvgIpc) is 2.13. The number of ether oxygens (including phenoxy) is 2. The molecule has 0 aromatic heterocycles. The number of hydrogen-bond donors (Lipinski definition) is 1. The summed E-state index contributed by atoms with van der Waals surface area (Å²) in [4.78, 5) is 21.4. The predicted molar refractivity (Wildman–Crippen MR) is 36.8 cm³/mol. The Hall–Kier alpha value is -1.36. The van der Waals surface area contributed by atoms with Gasteiger partial charge in [-0.2, -0.15) is 0 Å². The molecule has 5 nitrogen and oxygen atoms in total. The zero-order chi connectivity index (χ0) is 9.14. The van der Waals surface area contributed by atoms with Crippen molar-refractivity contribution >= 4 is 11.9 Å². The third-order valence-corrected chi connectivity index (χ3v) is 1.21. The standard InChI is InChI=1S/C7H8O5/c1-4(8)7-11-5(9)2-3-6(10)12-7/h2-4,7-8H,1H3. The summed E-state index contributed by atoms with van der Waals surface area (Å²) in [5, 5.41) is 8.96. The molecular weight excluding hydrogens is 164 g/mol. The largest absolute Gasteiger partial charge is 0.419 e. The lowest BCUT2D eigenvalue weighted by Gasteiger charge is -2.16. The number of esters is 2. The summed E-state index contributed by atoms with van der Waals surface area (Å²) in [5.74, 6) is -1.40. The van der Waals surface area contributed by atoms with Gasteiger partial charge in [-0.25, -0.2) is 9.59 Å². The van der Waals surface area contributed by atoms with E-state index in [0.29, 0.717) is 0 Å². The molecule has 0 saturated carbocycles. The van der Waals surface area contributed by atoms with E-state index in [1.54, 1.807) is 0 Å². The van der Waals surface area contributed by atoms with Crippen molar-refractivity contribution in [1.29, 1.82) is 0 Å². The molecule has 0 spiro atoms. The van der Waals surface area contributed by atoms with Crippen LogP contribution >= 0.6 is 0 Å². The number of aliphatic hydroxyl groups is 1. The lowest BCUT2D eigenvalue weighted by atomic mass is 10.4. The molecule has 1 atom stereocenters. The molecule has 66 valence electrons. The van der Waals surface area contributed by atoms with E-state index in [-0.39, 0.29) is 0 Å². The van der Waals surface area contributed by atoms with E-state index < -0.39 is 24.3 Å². The molecule has 0 saturated heterocycles. The number of cyclic esters (lactones) is 2. The van der Waals surface area contributed by atoms with Crippen molar-refractivity contribution in [2.24, 2.45) is 0 Å². The highest BCUT2D eigenvalue weighted by atomic mass is 16.7. The van der Waals surface area contributed by atoms with Gasteiger partial charge in [0.05, 0.1) is 0 Å². The van der Waals surface area contributed by atoms with Gasteiger partial charge < -0.3 is 14.6 Å². The van der Waals surface area contributed by atoms with E-state index in [0.717, 1.165) is 12.2 Å². The minimum Gasteiger partial charge on any atom is -0.419 e. The van der Waals surface area contributed by atoms with Crippen molar-refractivity contribution < 1.29 is 24.2 Å². The van der Waals surface area contributed by atoms with Gasteiger partial charge in [-0.05, 0) is 6.92 Å². The zero-order valence-corrected chi connectivity index (χ0v) is 6.39. The van der Waals surface area contributed by atoms with E-state index in [1.807, 2.05) is 0 Å². The van der Waals surface area contributed by atoms with E-state index in [9.17, 15) is 9.59 Å². The summed E-state index contributed by atoms with van der Waals surface area (Å²) in [6.45, 7) is 1.36. The van der Waals surface area contributed by atoms with Gasteiger partial charge in [0.2, 0.25) is 0 Å². The van der Waals surface area contributed by atoms with E-state index >= 15 is 0 Å². The maximum absolute atomic E-state index is 10.7. The monoisotopic (exact) mass is 172 g/mol. The molecule has 5 heteroatoms. The summed E-state index contributed by atoms with van der Waals surface area (Å²) in [6, 6.07) is 0. The number of carbonyl (C=O) groups is 2. The Balaban J connectivity index is 2.70. The third kappa shape index (κ3) is 2.06. The lowest BCUT2D eigenvalue weighted by Crippen LogP contribution is -2.31. The molecule has 12 heavy (non-hydrogen) atoms. The van der Waals surface area contributed by atoms with Gasteiger partial charge in [-0.3, -0.25) is 0 Å². The van der Waals surface area contributed by atoms with Crippen molar-refractivity contribution in [1.82, 2.24) is 0 Å². The van der Waals surface area contributed by atoms with Crippen molar-refractivity contribution in [3.8, 4) is 0 Å². The first-order chi connectivity index (χ1) is 5.59. The van der Waals surface area contributed by atoms with Crippen LogP contribution in [0.5, 0.6) is 0 Å². The molecule has 0 aromatic carbocycles. The van der Waals surface area contributed by atoms with Crippen LogP contribution < -0.4 is 0 Å². The molecule has 1 aliphatic rings. The molecule has 0 radical (unpaired) electrons. The quantitative estimate of drug-likeness (QED) is 0.532. The van der Waals surface area contributed by atoms with E-state index in [2.05, 4.69) is 9.47 Å². The highest BCUT2D eigenvalue weighted by Gasteiger charge is 2.24. The van der Waals surface area contributed by atoms with Crippen LogP contribution in [0.4, 0.5) is 0 Å². The van der Waals surface area contributed by atoms with Gasteiger partial charge in [-0.1, -0.05) is 0 Å². The molecule has 0 bridgehead atoms. The second kappa shape index (κ2) is 3.36. The Morgan fingerprint density at radius 1 is 1.33 bits per heavy atom. The molecule has 1 heterocycles. The minimum atomic E-state index is -1.21. The average molecular weight is 172 g/mol. The number of aliphatic hydroxyl groups excluding tert-OH is 1. The molecule has 0 aliphatic carbocycles. The number of carbonyl (C=O) groups excluding carboxylic acids is 2. The van der Waals surface area contributed by atoms with Crippen LogP contribution in [-0.4, -0.2) is 29.4 Å². The van der Waals surface area contributed by atoms with Gasteiger partial charge in [0.15, 0.2) is 0 Å². The Morgan fingerprint density at radius 3 is 2.08 bits per heavy atom. The minimum absolute atomic E-state index is 0.702. The van der Waals surface area contributed by atoms with Gasteiger partial charge in [0.1, 0.15) is 6.10 Å². The molecule has 0 aromatic rings. The van der Waals surface area contributed by atoms with Crippen molar-refractivity contribution in [2.45, 2.75) is 19.3 Å². The van der Waals surface area contributed by atoms with Crippen LogP contribution in [0.25, 0.3) is 0 Å². The molecule has 1 rings (SSSR count). The van der Waals surface area contributed by atoms with E-state index in [4.69, 9.17) is 5.11 Å². The fourth-order valence-corrected chi connectivity index (χ4v) is 0.665. The normalized spacial score (nSPS) is 21.2. The highest BCUT2D eigenvalue weighted by molar-refractivity contribution is 5.92. The number of rotatable bonds is 1. The van der Waals surface area contributed by atoms with Crippen molar-refractivity contribution in [3.05, 3.63) is 12.2 Å². The van der Waals surface area contributed by atoms with Crippen LogP contribution in [0.3, 0.4) is 0 Å². The van der Waals surface area contributed by atoms with Crippen LogP contribution in [0.1, 0.15) is 6.92 Å². The molecule has 0 fully saturated rings. The first-order valence-electron chi connectivity index (χ1n) is 3.37. The summed E-state index contributed by atoms with van der Waals surface area (Å²) >= 11 is 0. The Labute approximate surface area is 68.6 Å². The Bertz CT molecular complexity index is 210. The Kier molecular flexibility index (Phi) is 2.44. The van der Waals surface area contributed by atoms with Crippen LogP contribution in [0.2, 0.25) is 0 Å². The van der Waals surface area contributed by atoms with Crippen LogP contribution in [0.15, 0.2) is 12.2 Å². The second-order valence-electron chi connectivity index (χ2n) is 2.32.